The Morgan fingerprint density at radius 1 is 1.18 bits per heavy atom. The highest BCUT2D eigenvalue weighted by atomic mass is 16.3. The zero-order chi connectivity index (χ0) is 8.53. The van der Waals surface area contributed by atoms with Crippen LogP contribution in [0, 0.1) is 0 Å². The van der Waals surface area contributed by atoms with Gasteiger partial charge in [-0.25, -0.2) is 0 Å². The molecule has 0 amide bonds. The molecule has 0 unspecified atom stereocenters. The van der Waals surface area contributed by atoms with Gasteiger partial charge in [0.15, 0.2) is 0 Å². The molecule has 0 spiro atoms. The Kier molecular flexibility index (Phi) is 7.33. The number of hydrogen-bond donors (Lipinski definition) is 1. The molecular weight excluding hydrogens is 136 g/mol. The van der Waals surface area contributed by atoms with Gasteiger partial charge in [0, 0.05) is 6.42 Å². The molecule has 1 nitrogen and oxygen atoms in total. The normalized spacial score (nSPS) is 12.0. The maximum atomic E-state index is 9.08. The lowest BCUT2D eigenvalue weighted by Crippen LogP contribution is -1.78. The van der Waals surface area contributed by atoms with Crippen LogP contribution in [0.1, 0.15) is 52.4 Å². The van der Waals surface area contributed by atoms with Crippen LogP contribution in [0.4, 0.5) is 0 Å². The summed E-state index contributed by atoms with van der Waals surface area (Å²) in [6.07, 6.45) is 8.87. The van der Waals surface area contributed by atoms with E-state index in [9.17, 15) is 0 Å². The summed E-state index contributed by atoms with van der Waals surface area (Å²) in [4.78, 5) is 0. The van der Waals surface area contributed by atoms with Crippen LogP contribution in [-0.2, 0) is 0 Å². The van der Waals surface area contributed by atoms with Crippen LogP contribution in [0.2, 0.25) is 0 Å². The highest BCUT2D eigenvalue weighted by molar-refractivity contribution is 4.88. The molecule has 0 saturated carbocycles. The highest BCUT2D eigenvalue weighted by Gasteiger charge is 1.87. The summed E-state index contributed by atoms with van der Waals surface area (Å²) in [6, 6.07) is 0. The summed E-state index contributed by atoms with van der Waals surface area (Å²) < 4.78 is 0. The largest absolute Gasteiger partial charge is 0.513 e. The van der Waals surface area contributed by atoms with Crippen LogP contribution in [-0.4, -0.2) is 5.11 Å². The number of aliphatic hydroxyl groups excluding tert-OH is 1. The summed E-state index contributed by atoms with van der Waals surface area (Å²) in [5.74, 6) is 0.543. The maximum absolute atomic E-state index is 9.08. The molecule has 1 heteroatoms. The maximum Gasteiger partial charge on any atom is 0.0880 e. The van der Waals surface area contributed by atoms with Gasteiger partial charge in [-0.1, -0.05) is 33.1 Å². The zero-order valence-corrected chi connectivity index (χ0v) is 7.77. The van der Waals surface area contributed by atoms with E-state index in [0.29, 0.717) is 5.76 Å². The Hall–Kier alpha value is -0.460. The van der Waals surface area contributed by atoms with E-state index in [1.165, 1.54) is 25.7 Å². The van der Waals surface area contributed by atoms with Crippen LogP contribution in [0.5, 0.6) is 0 Å². The molecule has 0 atom stereocenters. The fraction of sp³-hybridized carbons (Fsp3) is 0.800. The lowest BCUT2D eigenvalue weighted by atomic mass is 10.1. The number of rotatable bonds is 6. The fourth-order valence-electron chi connectivity index (χ4n) is 0.984. The molecule has 0 bridgehead atoms. The van der Waals surface area contributed by atoms with Gasteiger partial charge in [-0.3, -0.25) is 0 Å². The van der Waals surface area contributed by atoms with Gasteiger partial charge in [0.2, 0.25) is 0 Å². The zero-order valence-electron chi connectivity index (χ0n) is 7.77. The first kappa shape index (κ1) is 10.5. The molecule has 0 rings (SSSR count). The monoisotopic (exact) mass is 156 g/mol. The molecule has 0 aromatic heterocycles. The quantitative estimate of drug-likeness (QED) is 0.458. The van der Waals surface area contributed by atoms with Gasteiger partial charge in [-0.2, -0.15) is 0 Å². The predicted octanol–water partition coefficient (Wildman–Crippen LogP) is 3.81. The third-order valence-corrected chi connectivity index (χ3v) is 1.80. The van der Waals surface area contributed by atoms with Crippen LogP contribution >= 0.6 is 0 Å². The third kappa shape index (κ3) is 7.44. The van der Waals surface area contributed by atoms with Gasteiger partial charge in [0.1, 0.15) is 0 Å². The Balaban J connectivity index is 3.12. The summed E-state index contributed by atoms with van der Waals surface area (Å²) in [5, 5.41) is 9.08. The van der Waals surface area contributed by atoms with Crippen molar-refractivity contribution in [3.63, 3.8) is 0 Å². The van der Waals surface area contributed by atoms with Crippen molar-refractivity contribution in [2.24, 2.45) is 0 Å². The van der Waals surface area contributed by atoms with Crippen molar-refractivity contribution in [1.82, 2.24) is 0 Å². The van der Waals surface area contributed by atoms with Gasteiger partial charge in [-0.05, 0) is 18.9 Å². The van der Waals surface area contributed by atoms with E-state index in [4.69, 9.17) is 5.11 Å². The van der Waals surface area contributed by atoms with Crippen LogP contribution in [0.15, 0.2) is 11.8 Å². The van der Waals surface area contributed by atoms with E-state index in [1.54, 1.807) is 0 Å². The van der Waals surface area contributed by atoms with Gasteiger partial charge in [0.05, 0.1) is 5.76 Å². The fourth-order valence-corrected chi connectivity index (χ4v) is 0.984. The van der Waals surface area contributed by atoms with Gasteiger partial charge < -0.3 is 5.11 Å². The Morgan fingerprint density at radius 2 is 1.91 bits per heavy atom. The molecule has 0 aliphatic heterocycles. The molecule has 11 heavy (non-hydrogen) atoms. The van der Waals surface area contributed by atoms with E-state index >= 15 is 0 Å². The van der Waals surface area contributed by atoms with Gasteiger partial charge in [-0.15, -0.1) is 0 Å². The second kappa shape index (κ2) is 7.64. The molecule has 0 aliphatic carbocycles. The molecule has 0 aromatic carbocycles. The van der Waals surface area contributed by atoms with E-state index in [1.807, 2.05) is 13.0 Å². The van der Waals surface area contributed by atoms with Crippen molar-refractivity contribution in [2.45, 2.75) is 52.4 Å². The predicted molar refractivity (Wildman–Crippen MR) is 49.8 cm³/mol. The SMILES string of the molecule is CCCCCC/C=C(\O)CC. The number of unbranched alkanes of at least 4 members (excludes halogenated alkanes) is 4. The highest BCUT2D eigenvalue weighted by Crippen LogP contribution is 2.05. The van der Waals surface area contributed by atoms with E-state index < -0.39 is 0 Å². The number of allylic oxidation sites excluding steroid dienone is 2. The molecule has 1 N–H and O–H groups in total. The standard InChI is InChI=1S/C10H20O/c1-3-5-6-7-8-9-10(11)4-2/h9,11H,3-8H2,1-2H3/b10-9-. The van der Waals surface area contributed by atoms with Crippen molar-refractivity contribution in [2.75, 3.05) is 0 Å². The minimum Gasteiger partial charge on any atom is -0.513 e. The average molecular weight is 156 g/mol. The smallest absolute Gasteiger partial charge is 0.0880 e. The van der Waals surface area contributed by atoms with Crippen LogP contribution < -0.4 is 0 Å². The van der Waals surface area contributed by atoms with E-state index in [2.05, 4.69) is 6.92 Å². The average Bonchev–Trinajstić information content (AvgIpc) is 2.04. The minimum absolute atomic E-state index is 0.543. The van der Waals surface area contributed by atoms with Crippen molar-refractivity contribution in [1.29, 1.82) is 0 Å². The molecule has 0 aliphatic rings. The van der Waals surface area contributed by atoms with Gasteiger partial charge >= 0.3 is 0 Å². The summed E-state index contributed by atoms with van der Waals surface area (Å²) in [7, 11) is 0. The number of hydrogen-bond acceptors (Lipinski definition) is 1. The molecule has 0 saturated heterocycles. The second-order valence-corrected chi connectivity index (χ2v) is 2.90. The molecule has 0 aromatic rings. The van der Waals surface area contributed by atoms with Gasteiger partial charge in [0.25, 0.3) is 0 Å². The second-order valence-electron chi connectivity index (χ2n) is 2.90. The Morgan fingerprint density at radius 3 is 2.45 bits per heavy atom. The molecule has 0 heterocycles. The van der Waals surface area contributed by atoms with E-state index in [-0.39, 0.29) is 0 Å². The summed E-state index contributed by atoms with van der Waals surface area (Å²) in [6.45, 7) is 4.18. The summed E-state index contributed by atoms with van der Waals surface area (Å²) >= 11 is 0. The van der Waals surface area contributed by atoms with Crippen molar-refractivity contribution in [3.8, 4) is 0 Å². The summed E-state index contributed by atoms with van der Waals surface area (Å²) in [5.41, 5.74) is 0. The molecule has 0 fully saturated rings. The topological polar surface area (TPSA) is 20.2 Å². The van der Waals surface area contributed by atoms with Crippen LogP contribution in [0.25, 0.3) is 0 Å². The Bertz CT molecular complexity index is 105. The molecule has 66 valence electrons. The molecule has 0 radical (unpaired) electrons. The van der Waals surface area contributed by atoms with Crippen molar-refractivity contribution >= 4 is 0 Å². The van der Waals surface area contributed by atoms with Crippen molar-refractivity contribution < 1.29 is 5.11 Å². The first-order valence-electron chi connectivity index (χ1n) is 4.69. The lowest BCUT2D eigenvalue weighted by Gasteiger charge is -1.95. The lowest BCUT2D eigenvalue weighted by molar-refractivity contribution is 0.391. The first-order chi connectivity index (χ1) is 5.31. The van der Waals surface area contributed by atoms with E-state index in [0.717, 1.165) is 12.8 Å². The number of aliphatic hydroxyl groups is 1. The Labute approximate surface area is 70.1 Å². The van der Waals surface area contributed by atoms with Crippen LogP contribution in [0.3, 0.4) is 0 Å². The minimum atomic E-state index is 0.543. The first-order valence-corrected chi connectivity index (χ1v) is 4.69. The third-order valence-electron chi connectivity index (χ3n) is 1.80. The molecular formula is C10H20O. The van der Waals surface area contributed by atoms with Crippen molar-refractivity contribution in [3.05, 3.63) is 11.8 Å².